The van der Waals surface area contributed by atoms with Crippen LogP contribution < -0.4 is 9.47 Å². The topological polar surface area (TPSA) is 98.1 Å². The largest absolute Gasteiger partial charge is 0.494 e. The molecule has 144 valence electrons. The van der Waals surface area contributed by atoms with E-state index in [0.29, 0.717) is 29.1 Å². The van der Waals surface area contributed by atoms with Gasteiger partial charge in [0.15, 0.2) is 5.75 Å². The average molecular weight is 379 g/mol. The second-order valence-corrected chi connectivity index (χ2v) is 6.44. The van der Waals surface area contributed by atoms with Crippen LogP contribution in [0.1, 0.15) is 18.9 Å². The van der Waals surface area contributed by atoms with Crippen molar-refractivity contribution in [2.45, 2.75) is 20.3 Å². The van der Waals surface area contributed by atoms with Gasteiger partial charge in [-0.2, -0.15) is 5.10 Å². The zero-order valence-electron chi connectivity index (χ0n) is 15.9. The van der Waals surface area contributed by atoms with E-state index >= 15 is 0 Å². The van der Waals surface area contributed by atoms with Crippen LogP contribution in [0, 0.1) is 6.92 Å². The molecule has 0 aromatic carbocycles. The number of rotatable bonds is 6. The second kappa shape index (κ2) is 7.22. The summed E-state index contributed by atoms with van der Waals surface area (Å²) in [6, 6.07) is 3.80. The third kappa shape index (κ3) is 3.02. The predicted octanol–water partition coefficient (Wildman–Crippen LogP) is 3.62. The third-order valence-electron chi connectivity index (χ3n) is 4.48. The van der Waals surface area contributed by atoms with Crippen LogP contribution in [0.5, 0.6) is 17.5 Å². The van der Waals surface area contributed by atoms with Crippen molar-refractivity contribution < 1.29 is 14.6 Å². The van der Waals surface area contributed by atoms with Crippen molar-refractivity contribution in [1.29, 1.82) is 0 Å². The lowest BCUT2D eigenvalue weighted by Crippen LogP contribution is -2.00. The van der Waals surface area contributed by atoms with Crippen LogP contribution in [0.3, 0.4) is 0 Å². The highest BCUT2D eigenvalue weighted by Gasteiger charge is 2.17. The highest BCUT2D eigenvalue weighted by Crippen LogP contribution is 2.35. The fraction of sp³-hybridized carbons (Fsp3) is 0.250. The number of aromatic amines is 1. The molecule has 0 bridgehead atoms. The molecule has 0 atom stereocenters. The number of H-pyrrole nitrogens is 1. The maximum absolute atomic E-state index is 10.6. The van der Waals surface area contributed by atoms with E-state index in [-0.39, 0.29) is 5.88 Å². The molecule has 0 radical (unpaired) electrons. The van der Waals surface area contributed by atoms with Crippen LogP contribution in [0.2, 0.25) is 0 Å². The van der Waals surface area contributed by atoms with Gasteiger partial charge >= 0.3 is 0 Å². The van der Waals surface area contributed by atoms with Gasteiger partial charge in [-0.05, 0) is 31.0 Å². The van der Waals surface area contributed by atoms with Crippen molar-refractivity contribution in [2.75, 3.05) is 13.7 Å². The molecule has 4 heterocycles. The van der Waals surface area contributed by atoms with Crippen LogP contribution in [-0.4, -0.2) is 43.6 Å². The van der Waals surface area contributed by atoms with Crippen molar-refractivity contribution in [3.63, 3.8) is 0 Å². The van der Waals surface area contributed by atoms with Gasteiger partial charge < -0.3 is 14.6 Å². The summed E-state index contributed by atoms with van der Waals surface area (Å²) in [6.45, 7) is 4.56. The molecule has 0 aliphatic heterocycles. The lowest BCUT2D eigenvalue weighted by molar-refractivity contribution is 0.289. The number of fused-ring (bicyclic) bond motifs is 1. The smallest absolute Gasteiger partial charge is 0.256 e. The number of pyridine rings is 2. The monoisotopic (exact) mass is 379 g/mol. The molecular weight excluding hydrogens is 358 g/mol. The quantitative estimate of drug-likeness (QED) is 0.531. The first-order valence-corrected chi connectivity index (χ1v) is 9.00. The molecule has 0 spiro atoms. The number of nitrogens with zero attached hydrogens (tertiary/aromatic N) is 4. The number of ether oxygens (including phenoxy) is 2. The molecular formula is C20H21N5O3. The molecule has 8 heteroatoms. The number of nitrogens with one attached hydrogen (secondary N) is 1. The lowest BCUT2D eigenvalue weighted by atomic mass is 10.1. The Bertz CT molecular complexity index is 1120. The minimum absolute atomic E-state index is 0.132. The molecule has 0 unspecified atom stereocenters. The number of methoxy groups -OCH3 is 1. The Balaban J connectivity index is 1.81. The number of hydrogen-bond acceptors (Lipinski definition) is 6. The van der Waals surface area contributed by atoms with E-state index in [0.717, 1.165) is 28.9 Å². The molecule has 0 aliphatic carbocycles. The first kappa shape index (κ1) is 17.8. The van der Waals surface area contributed by atoms with Gasteiger partial charge in [0.05, 0.1) is 42.2 Å². The summed E-state index contributed by atoms with van der Waals surface area (Å²) >= 11 is 0. The van der Waals surface area contributed by atoms with Gasteiger partial charge in [0.2, 0.25) is 5.88 Å². The van der Waals surface area contributed by atoms with Gasteiger partial charge in [-0.25, -0.2) is 9.97 Å². The molecule has 0 aliphatic rings. The standard InChI is InChI=1S/C20H21N5O3/c1-4-5-28-17-7-13(8-21-19(17)27-3)15-6-12(2)18-16(24-15)11-25(20(18)26)14-9-22-23-10-14/h6-11,26H,4-5H2,1-3H3,(H,22,23). The van der Waals surface area contributed by atoms with E-state index in [1.807, 2.05) is 26.0 Å². The molecule has 0 saturated carbocycles. The van der Waals surface area contributed by atoms with E-state index in [9.17, 15) is 5.11 Å². The van der Waals surface area contributed by atoms with Gasteiger partial charge in [-0.15, -0.1) is 0 Å². The van der Waals surface area contributed by atoms with Gasteiger partial charge in [0.25, 0.3) is 5.88 Å². The van der Waals surface area contributed by atoms with Crippen LogP contribution in [0.4, 0.5) is 0 Å². The summed E-state index contributed by atoms with van der Waals surface area (Å²) < 4.78 is 12.7. The Morgan fingerprint density at radius 3 is 2.82 bits per heavy atom. The third-order valence-corrected chi connectivity index (χ3v) is 4.48. The highest BCUT2D eigenvalue weighted by atomic mass is 16.5. The highest BCUT2D eigenvalue weighted by molar-refractivity contribution is 5.90. The van der Waals surface area contributed by atoms with Crippen molar-refractivity contribution in [1.82, 2.24) is 24.7 Å². The Labute approximate surface area is 161 Å². The van der Waals surface area contributed by atoms with Crippen LogP contribution in [-0.2, 0) is 0 Å². The van der Waals surface area contributed by atoms with Crippen molar-refractivity contribution in [3.05, 3.63) is 42.5 Å². The number of aromatic hydroxyl groups is 1. The second-order valence-electron chi connectivity index (χ2n) is 6.44. The van der Waals surface area contributed by atoms with Crippen LogP contribution in [0.15, 0.2) is 36.9 Å². The van der Waals surface area contributed by atoms with Gasteiger partial charge in [-0.3, -0.25) is 9.67 Å². The summed E-state index contributed by atoms with van der Waals surface area (Å²) in [5.74, 6) is 1.16. The van der Waals surface area contributed by atoms with Crippen molar-refractivity contribution >= 4 is 10.9 Å². The number of aryl methyl sites for hydroxylation is 1. The van der Waals surface area contributed by atoms with E-state index in [1.165, 1.54) is 0 Å². The average Bonchev–Trinajstić information content (AvgIpc) is 3.34. The fourth-order valence-corrected chi connectivity index (χ4v) is 3.15. The molecule has 0 fully saturated rings. The summed E-state index contributed by atoms with van der Waals surface area (Å²) in [6.07, 6.45) is 7.73. The molecule has 0 saturated heterocycles. The van der Waals surface area contributed by atoms with E-state index in [2.05, 4.69) is 15.2 Å². The zero-order chi connectivity index (χ0) is 19.7. The normalized spacial score (nSPS) is 11.1. The molecule has 8 nitrogen and oxygen atoms in total. The summed E-state index contributed by atoms with van der Waals surface area (Å²) in [7, 11) is 1.57. The maximum atomic E-state index is 10.6. The molecule has 2 N–H and O–H groups in total. The van der Waals surface area contributed by atoms with Gasteiger partial charge in [-0.1, -0.05) is 6.92 Å². The minimum atomic E-state index is 0.132. The minimum Gasteiger partial charge on any atom is -0.494 e. The Kier molecular flexibility index (Phi) is 4.60. The van der Waals surface area contributed by atoms with Crippen LogP contribution in [0.25, 0.3) is 27.8 Å². The predicted molar refractivity (Wildman–Crippen MR) is 105 cm³/mol. The summed E-state index contributed by atoms with van der Waals surface area (Å²) in [5, 5.41) is 18.0. The summed E-state index contributed by atoms with van der Waals surface area (Å²) in [5.41, 5.74) is 3.88. The van der Waals surface area contributed by atoms with Crippen LogP contribution >= 0.6 is 0 Å². The molecule has 4 rings (SSSR count). The molecule has 4 aromatic rings. The number of hydrogen-bond donors (Lipinski definition) is 2. The van der Waals surface area contributed by atoms with E-state index in [1.54, 1.807) is 36.5 Å². The molecule has 28 heavy (non-hydrogen) atoms. The Morgan fingerprint density at radius 2 is 2.11 bits per heavy atom. The Morgan fingerprint density at radius 1 is 1.25 bits per heavy atom. The fourth-order valence-electron chi connectivity index (χ4n) is 3.15. The van der Waals surface area contributed by atoms with Gasteiger partial charge in [0, 0.05) is 24.2 Å². The molecule has 0 amide bonds. The zero-order valence-corrected chi connectivity index (χ0v) is 15.9. The van der Waals surface area contributed by atoms with Crippen molar-refractivity contribution in [3.8, 4) is 34.5 Å². The first-order valence-electron chi connectivity index (χ1n) is 9.00. The SMILES string of the molecule is CCCOc1cc(-c2cc(C)c3c(O)n(-c4cn[nH]c4)cc3n2)cnc1OC. The van der Waals surface area contributed by atoms with Gasteiger partial charge in [0.1, 0.15) is 0 Å². The molecule has 4 aromatic heterocycles. The summed E-state index contributed by atoms with van der Waals surface area (Å²) in [4.78, 5) is 9.07. The lowest BCUT2D eigenvalue weighted by Gasteiger charge is -2.11. The van der Waals surface area contributed by atoms with E-state index < -0.39 is 0 Å². The van der Waals surface area contributed by atoms with Crippen molar-refractivity contribution in [2.24, 2.45) is 0 Å². The number of aromatic nitrogens is 5. The Hall–Kier alpha value is -3.55. The maximum Gasteiger partial charge on any atom is 0.256 e. The van der Waals surface area contributed by atoms with E-state index in [4.69, 9.17) is 14.5 Å². The first-order chi connectivity index (χ1) is 13.6.